The number of sulfonamides is 1. The van der Waals surface area contributed by atoms with E-state index in [1.165, 1.54) is 16.4 Å². The summed E-state index contributed by atoms with van der Waals surface area (Å²) in [5.74, 6) is -0.0299. The van der Waals surface area contributed by atoms with Crippen molar-refractivity contribution in [2.75, 3.05) is 31.1 Å². The van der Waals surface area contributed by atoms with Crippen molar-refractivity contribution in [1.82, 2.24) is 14.6 Å². The van der Waals surface area contributed by atoms with Crippen LogP contribution >= 0.6 is 0 Å². The molecule has 10 nitrogen and oxygen atoms in total. The number of benzene rings is 2. The van der Waals surface area contributed by atoms with Crippen molar-refractivity contribution < 1.29 is 27.8 Å². The molecule has 0 bridgehead atoms. The second-order valence-electron chi connectivity index (χ2n) is 9.85. The molecule has 1 fully saturated rings. The molecule has 11 heteroatoms. The number of aromatic nitrogens is 1. The lowest BCUT2D eigenvalue weighted by atomic mass is 10.0. The van der Waals surface area contributed by atoms with Gasteiger partial charge in [-0.25, -0.2) is 13.2 Å². The summed E-state index contributed by atoms with van der Waals surface area (Å²) in [5, 5.41) is 22.7. The molecule has 3 N–H and O–H groups in total. The van der Waals surface area contributed by atoms with Gasteiger partial charge in [0.15, 0.2) is 5.58 Å². The van der Waals surface area contributed by atoms with Gasteiger partial charge in [-0.2, -0.15) is 9.29 Å². The third kappa shape index (κ3) is 6.60. The number of hydrogen-bond donors (Lipinski definition) is 3. The summed E-state index contributed by atoms with van der Waals surface area (Å²) in [5.41, 5.74) is 1.77. The van der Waals surface area contributed by atoms with Gasteiger partial charge in [-0.3, -0.25) is 0 Å². The Balaban J connectivity index is 1.59. The van der Waals surface area contributed by atoms with Crippen LogP contribution in [0.1, 0.15) is 32.3 Å². The molecule has 1 aliphatic rings. The maximum atomic E-state index is 13.7. The Hall–Kier alpha value is -3.15. The van der Waals surface area contributed by atoms with E-state index in [0.29, 0.717) is 17.1 Å². The van der Waals surface area contributed by atoms with E-state index < -0.39 is 28.3 Å². The van der Waals surface area contributed by atoms with Crippen LogP contribution in [-0.4, -0.2) is 72.3 Å². The maximum Gasteiger partial charge on any atom is 0.404 e. The number of hydrogen-bond acceptors (Lipinski definition) is 7. The Morgan fingerprint density at radius 2 is 1.84 bits per heavy atom. The standard InChI is InChI=1S/C26H34N4O6S/c1-18(2)16-30(17-23(31)22(28-26(32)33)14-19-8-4-3-5-9-19)37(34,35)20-10-11-21-24(15-20)36-25(27-21)29-12-6-7-13-29/h3-5,8-11,15,18,22-23,28,31H,6-7,12-14,16-17H2,1-2H3,(H,32,33). The van der Waals surface area contributed by atoms with Crippen molar-refractivity contribution in [1.29, 1.82) is 0 Å². The average Bonchev–Trinajstić information content (AvgIpc) is 3.52. The van der Waals surface area contributed by atoms with Crippen molar-refractivity contribution in [2.45, 2.75) is 50.2 Å². The molecule has 0 radical (unpaired) electrons. The predicted molar refractivity (Wildman–Crippen MR) is 140 cm³/mol. The van der Waals surface area contributed by atoms with Gasteiger partial charge in [0.1, 0.15) is 5.52 Å². The Morgan fingerprint density at radius 3 is 2.49 bits per heavy atom. The lowest BCUT2D eigenvalue weighted by Crippen LogP contribution is -2.50. The average molecular weight is 531 g/mol. The number of rotatable bonds is 11. The van der Waals surface area contributed by atoms with Gasteiger partial charge in [0, 0.05) is 32.2 Å². The number of carbonyl (C=O) groups is 1. The van der Waals surface area contributed by atoms with E-state index in [9.17, 15) is 23.4 Å². The lowest BCUT2D eigenvalue weighted by molar-refractivity contribution is 0.0980. The molecule has 2 atom stereocenters. The van der Waals surface area contributed by atoms with Gasteiger partial charge in [0.25, 0.3) is 6.01 Å². The summed E-state index contributed by atoms with van der Waals surface area (Å²) in [6.45, 7) is 5.35. The highest BCUT2D eigenvalue weighted by atomic mass is 32.2. The monoisotopic (exact) mass is 530 g/mol. The molecule has 2 heterocycles. The van der Waals surface area contributed by atoms with Crippen LogP contribution in [0, 0.1) is 5.92 Å². The molecule has 4 rings (SSSR count). The second kappa shape index (κ2) is 11.5. The molecule has 1 saturated heterocycles. The molecule has 37 heavy (non-hydrogen) atoms. The molecule has 0 aliphatic carbocycles. The topological polar surface area (TPSA) is 136 Å². The van der Waals surface area contributed by atoms with Gasteiger partial charge in [-0.15, -0.1) is 0 Å². The number of aliphatic hydroxyl groups excluding tert-OH is 1. The Morgan fingerprint density at radius 1 is 1.14 bits per heavy atom. The SMILES string of the molecule is CC(C)CN(CC(O)C(Cc1ccccc1)NC(=O)O)S(=O)(=O)c1ccc2nc(N3CCCC3)oc2c1. The second-order valence-corrected chi connectivity index (χ2v) is 11.8. The minimum absolute atomic E-state index is 0.0299. The van der Waals surface area contributed by atoms with E-state index in [2.05, 4.69) is 10.3 Å². The molecule has 200 valence electrons. The fourth-order valence-electron chi connectivity index (χ4n) is 4.57. The molecule has 3 aromatic rings. The van der Waals surface area contributed by atoms with Gasteiger partial charge in [0.2, 0.25) is 10.0 Å². The third-order valence-electron chi connectivity index (χ3n) is 6.39. The summed E-state index contributed by atoms with van der Waals surface area (Å²) in [6.07, 6.45) is -0.226. The van der Waals surface area contributed by atoms with E-state index in [1.807, 2.05) is 49.1 Å². The Bertz CT molecular complexity index is 1310. The fraction of sp³-hybridized carbons (Fsp3) is 0.462. The van der Waals surface area contributed by atoms with Crippen LogP contribution < -0.4 is 10.2 Å². The highest BCUT2D eigenvalue weighted by molar-refractivity contribution is 7.89. The number of anilines is 1. The minimum atomic E-state index is -4.03. The Labute approximate surface area is 217 Å². The van der Waals surface area contributed by atoms with Gasteiger partial charge >= 0.3 is 6.09 Å². The van der Waals surface area contributed by atoms with Crippen molar-refractivity contribution in [3.8, 4) is 0 Å². The highest BCUT2D eigenvalue weighted by Crippen LogP contribution is 2.28. The number of fused-ring (bicyclic) bond motifs is 1. The summed E-state index contributed by atoms with van der Waals surface area (Å²) >= 11 is 0. The maximum absolute atomic E-state index is 13.7. The van der Waals surface area contributed by atoms with E-state index >= 15 is 0 Å². The first-order chi connectivity index (χ1) is 17.6. The molecule has 1 aromatic heterocycles. The molecule has 0 saturated carbocycles. The van der Waals surface area contributed by atoms with E-state index in [0.717, 1.165) is 31.5 Å². The van der Waals surface area contributed by atoms with Crippen molar-refractivity contribution in [3.05, 3.63) is 54.1 Å². The highest BCUT2D eigenvalue weighted by Gasteiger charge is 2.32. The van der Waals surface area contributed by atoms with E-state index in [4.69, 9.17) is 4.42 Å². The normalized spacial score (nSPS) is 16.0. The molecular formula is C26H34N4O6S. The number of oxazole rings is 1. The molecule has 2 aromatic carbocycles. The fourth-order valence-corrected chi connectivity index (χ4v) is 6.21. The van der Waals surface area contributed by atoms with Crippen LogP contribution in [0.4, 0.5) is 10.8 Å². The number of amides is 1. The first-order valence-corrected chi connectivity index (χ1v) is 13.9. The van der Waals surface area contributed by atoms with Crippen molar-refractivity contribution >= 4 is 33.2 Å². The number of nitrogens with one attached hydrogen (secondary N) is 1. The molecular weight excluding hydrogens is 496 g/mol. The lowest BCUT2D eigenvalue weighted by Gasteiger charge is -2.30. The minimum Gasteiger partial charge on any atom is -0.465 e. The summed E-state index contributed by atoms with van der Waals surface area (Å²) in [4.78, 5) is 18.0. The van der Waals surface area contributed by atoms with Crippen molar-refractivity contribution in [3.63, 3.8) is 0 Å². The number of carboxylic acid groups (broad SMARTS) is 1. The van der Waals surface area contributed by atoms with Crippen LogP contribution in [0.3, 0.4) is 0 Å². The first-order valence-electron chi connectivity index (χ1n) is 12.5. The van der Waals surface area contributed by atoms with Gasteiger partial charge in [-0.1, -0.05) is 44.2 Å². The zero-order chi connectivity index (χ0) is 26.6. The summed E-state index contributed by atoms with van der Waals surface area (Å²) in [7, 11) is -4.03. The third-order valence-corrected chi connectivity index (χ3v) is 8.22. The zero-order valence-electron chi connectivity index (χ0n) is 21.1. The van der Waals surface area contributed by atoms with Crippen LogP contribution in [0.5, 0.6) is 0 Å². The molecule has 1 aliphatic heterocycles. The largest absolute Gasteiger partial charge is 0.465 e. The van der Waals surface area contributed by atoms with Gasteiger partial charge < -0.3 is 24.8 Å². The predicted octanol–water partition coefficient (Wildman–Crippen LogP) is 3.31. The zero-order valence-corrected chi connectivity index (χ0v) is 21.9. The van der Waals surface area contributed by atoms with Gasteiger partial charge in [-0.05, 0) is 42.9 Å². The Kier molecular flexibility index (Phi) is 8.35. The first kappa shape index (κ1) is 26.9. The van der Waals surface area contributed by atoms with E-state index in [-0.39, 0.29) is 30.3 Å². The number of aliphatic hydroxyl groups is 1. The summed E-state index contributed by atoms with van der Waals surface area (Å²) in [6, 6.07) is 13.3. The summed E-state index contributed by atoms with van der Waals surface area (Å²) < 4.78 is 34.5. The smallest absolute Gasteiger partial charge is 0.404 e. The molecule has 2 unspecified atom stereocenters. The van der Waals surface area contributed by atoms with Crippen LogP contribution in [0.2, 0.25) is 0 Å². The van der Waals surface area contributed by atoms with Crippen molar-refractivity contribution in [2.24, 2.45) is 5.92 Å². The van der Waals surface area contributed by atoms with E-state index in [1.54, 1.807) is 6.07 Å². The van der Waals surface area contributed by atoms with Gasteiger partial charge in [0.05, 0.1) is 17.0 Å². The quantitative estimate of drug-likeness (QED) is 0.344. The van der Waals surface area contributed by atoms with Crippen LogP contribution in [-0.2, 0) is 16.4 Å². The number of nitrogens with zero attached hydrogens (tertiary/aromatic N) is 3. The molecule has 1 amide bonds. The molecule has 0 spiro atoms. The van der Waals surface area contributed by atoms with Crippen LogP contribution in [0.25, 0.3) is 11.1 Å². The van der Waals surface area contributed by atoms with Crippen LogP contribution in [0.15, 0.2) is 57.8 Å².